The average Bonchev–Trinajstić information content (AvgIpc) is 2.22. The zero-order chi connectivity index (χ0) is 11.1. The van der Waals surface area contributed by atoms with Crippen molar-refractivity contribution < 1.29 is 4.79 Å². The standard InChI is InChI=1S/C12H20N2O/c1-2-3-4-9-12(15)14-11-8-6-5-7-10(11)13/h2-4,9-11H,5-8,13H2,1H3,(H,14,15)/t10-,11-/m1/s1. The van der Waals surface area contributed by atoms with E-state index in [9.17, 15) is 4.79 Å². The second-order valence-electron chi connectivity index (χ2n) is 3.95. The van der Waals surface area contributed by atoms with E-state index in [1.807, 2.05) is 19.1 Å². The van der Waals surface area contributed by atoms with E-state index >= 15 is 0 Å². The average molecular weight is 208 g/mol. The predicted molar refractivity (Wildman–Crippen MR) is 62.3 cm³/mol. The number of carbonyl (C=O) groups is 1. The van der Waals surface area contributed by atoms with Gasteiger partial charge in [-0.3, -0.25) is 4.79 Å². The van der Waals surface area contributed by atoms with Crippen molar-refractivity contribution in [3.05, 3.63) is 24.3 Å². The van der Waals surface area contributed by atoms with E-state index in [2.05, 4.69) is 5.32 Å². The number of nitrogens with two attached hydrogens (primary N) is 1. The molecule has 0 spiro atoms. The number of hydrogen-bond acceptors (Lipinski definition) is 2. The molecule has 0 aromatic carbocycles. The molecule has 3 N–H and O–H groups in total. The lowest BCUT2D eigenvalue weighted by Crippen LogP contribution is -2.48. The van der Waals surface area contributed by atoms with Crippen LogP contribution in [0.15, 0.2) is 24.3 Å². The van der Waals surface area contributed by atoms with Crippen molar-refractivity contribution in [3.8, 4) is 0 Å². The summed E-state index contributed by atoms with van der Waals surface area (Å²) in [6.45, 7) is 1.92. The molecule has 3 heteroatoms. The Morgan fingerprint density at radius 1 is 1.33 bits per heavy atom. The van der Waals surface area contributed by atoms with E-state index in [1.165, 1.54) is 6.42 Å². The monoisotopic (exact) mass is 208 g/mol. The highest BCUT2D eigenvalue weighted by Crippen LogP contribution is 2.16. The smallest absolute Gasteiger partial charge is 0.244 e. The first-order chi connectivity index (χ1) is 7.24. The van der Waals surface area contributed by atoms with Gasteiger partial charge in [0, 0.05) is 18.2 Å². The van der Waals surface area contributed by atoms with Crippen molar-refractivity contribution in [1.82, 2.24) is 5.32 Å². The summed E-state index contributed by atoms with van der Waals surface area (Å²) in [4.78, 5) is 11.4. The summed E-state index contributed by atoms with van der Waals surface area (Å²) in [5, 5.41) is 2.94. The van der Waals surface area contributed by atoms with Crippen LogP contribution in [0.2, 0.25) is 0 Å². The van der Waals surface area contributed by atoms with E-state index in [-0.39, 0.29) is 18.0 Å². The zero-order valence-electron chi connectivity index (χ0n) is 9.28. The molecule has 1 rings (SSSR count). The minimum absolute atomic E-state index is 0.0459. The molecule has 15 heavy (non-hydrogen) atoms. The molecular formula is C12H20N2O. The first-order valence-electron chi connectivity index (χ1n) is 5.59. The Labute approximate surface area is 91.4 Å². The maximum atomic E-state index is 11.4. The third-order valence-electron chi connectivity index (χ3n) is 2.70. The fraction of sp³-hybridized carbons (Fsp3) is 0.583. The van der Waals surface area contributed by atoms with Crippen LogP contribution in [-0.2, 0) is 4.79 Å². The van der Waals surface area contributed by atoms with Crippen molar-refractivity contribution in [2.24, 2.45) is 5.73 Å². The highest BCUT2D eigenvalue weighted by atomic mass is 16.1. The topological polar surface area (TPSA) is 55.1 Å². The minimum Gasteiger partial charge on any atom is -0.348 e. The van der Waals surface area contributed by atoms with Gasteiger partial charge in [-0.15, -0.1) is 0 Å². The summed E-state index contributed by atoms with van der Waals surface area (Å²) in [5.74, 6) is -0.0459. The molecule has 84 valence electrons. The molecule has 0 aliphatic heterocycles. The number of hydrogen-bond donors (Lipinski definition) is 2. The molecule has 1 aliphatic rings. The van der Waals surface area contributed by atoms with Crippen molar-refractivity contribution >= 4 is 5.91 Å². The third-order valence-corrected chi connectivity index (χ3v) is 2.70. The quantitative estimate of drug-likeness (QED) is 0.545. The molecule has 1 saturated carbocycles. The van der Waals surface area contributed by atoms with Crippen LogP contribution in [0, 0.1) is 0 Å². The third kappa shape index (κ3) is 4.30. The highest BCUT2D eigenvalue weighted by Gasteiger charge is 2.22. The predicted octanol–water partition coefficient (Wildman–Crippen LogP) is 1.50. The maximum Gasteiger partial charge on any atom is 0.244 e. The van der Waals surface area contributed by atoms with Crippen LogP contribution in [0.5, 0.6) is 0 Å². The molecule has 2 atom stereocenters. The van der Waals surface area contributed by atoms with Gasteiger partial charge in [0.25, 0.3) is 0 Å². The van der Waals surface area contributed by atoms with E-state index < -0.39 is 0 Å². The van der Waals surface area contributed by atoms with Crippen LogP contribution < -0.4 is 11.1 Å². The summed E-state index contributed by atoms with van der Waals surface area (Å²) >= 11 is 0. The van der Waals surface area contributed by atoms with E-state index in [1.54, 1.807) is 12.2 Å². The second-order valence-corrected chi connectivity index (χ2v) is 3.95. The summed E-state index contributed by atoms with van der Waals surface area (Å²) in [6, 6.07) is 0.277. The van der Waals surface area contributed by atoms with Crippen molar-refractivity contribution in [3.63, 3.8) is 0 Å². The Kier molecular flexibility index (Phi) is 5.12. The summed E-state index contributed by atoms with van der Waals surface area (Å²) < 4.78 is 0. The van der Waals surface area contributed by atoms with Crippen LogP contribution in [0.25, 0.3) is 0 Å². The van der Waals surface area contributed by atoms with Crippen molar-refractivity contribution in [2.75, 3.05) is 0 Å². The minimum atomic E-state index is -0.0459. The summed E-state index contributed by atoms with van der Waals surface area (Å²) in [6.07, 6.45) is 11.4. The Balaban J connectivity index is 2.36. The number of amides is 1. The van der Waals surface area contributed by atoms with Crippen LogP contribution >= 0.6 is 0 Å². The molecule has 0 aromatic rings. The Morgan fingerprint density at radius 2 is 2.07 bits per heavy atom. The SMILES string of the molecule is CC=CC=CC(=O)N[C@@H]1CCCC[C@H]1N. The van der Waals surface area contributed by atoms with Gasteiger partial charge in [-0.1, -0.05) is 31.1 Å². The van der Waals surface area contributed by atoms with Crippen LogP contribution in [0.1, 0.15) is 32.6 Å². The molecule has 0 heterocycles. The van der Waals surface area contributed by atoms with Gasteiger partial charge in [-0.25, -0.2) is 0 Å². The van der Waals surface area contributed by atoms with Gasteiger partial charge in [0.05, 0.1) is 0 Å². The van der Waals surface area contributed by atoms with Gasteiger partial charge < -0.3 is 11.1 Å². The molecule has 1 amide bonds. The lowest BCUT2D eigenvalue weighted by atomic mass is 9.91. The lowest BCUT2D eigenvalue weighted by molar-refractivity contribution is -0.117. The number of allylic oxidation sites excluding steroid dienone is 3. The van der Waals surface area contributed by atoms with Gasteiger partial charge in [0.15, 0.2) is 0 Å². The van der Waals surface area contributed by atoms with Crippen molar-refractivity contribution in [1.29, 1.82) is 0 Å². The maximum absolute atomic E-state index is 11.4. The zero-order valence-corrected chi connectivity index (χ0v) is 9.28. The Hall–Kier alpha value is -1.09. The second kappa shape index (κ2) is 6.40. The van der Waals surface area contributed by atoms with Crippen LogP contribution in [-0.4, -0.2) is 18.0 Å². The summed E-state index contributed by atoms with van der Waals surface area (Å²) in [7, 11) is 0. The van der Waals surface area contributed by atoms with Gasteiger partial charge in [0.1, 0.15) is 0 Å². The largest absolute Gasteiger partial charge is 0.348 e. The molecule has 0 saturated heterocycles. The van der Waals surface area contributed by atoms with Gasteiger partial charge >= 0.3 is 0 Å². The first kappa shape index (κ1) is 12.0. The van der Waals surface area contributed by atoms with E-state index in [0.29, 0.717) is 0 Å². The number of rotatable bonds is 3. The Bertz CT molecular complexity index is 258. The van der Waals surface area contributed by atoms with Crippen LogP contribution in [0.3, 0.4) is 0 Å². The van der Waals surface area contributed by atoms with Gasteiger partial charge in [0.2, 0.25) is 5.91 Å². The molecule has 1 fully saturated rings. The molecule has 0 unspecified atom stereocenters. The normalized spacial score (nSPS) is 27.3. The molecule has 0 radical (unpaired) electrons. The molecule has 0 bridgehead atoms. The van der Waals surface area contributed by atoms with Crippen LogP contribution in [0.4, 0.5) is 0 Å². The first-order valence-corrected chi connectivity index (χ1v) is 5.59. The molecule has 3 nitrogen and oxygen atoms in total. The fourth-order valence-electron chi connectivity index (χ4n) is 1.82. The highest BCUT2D eigenvalue weighted by molar-refractivity contribution is 5.88. The molecule has 0 aromatic heterocycles. The lowest BCUT2D eigenvalue weighted by Gasteiger charge is -2.28. The summed E-state index contributed by atoms with van der Waals surface area (Å²) in [5.41, 5.74) is 5.93. The molecular weight excluding hydrogens is 188 g/mol. The Morgan fingerprint density at radius 3 is 2.73 bits per heavy atom. The van der Waals surface area contributed by atoms with Gasteiger partial charge in [-0.05, 0) is 19.8 Å². The fourth-order valence-corrected chi connectivity index (χ4v) is 1.82. The van der Waals surface area contributed by atoms with Crippen molar-refractivity contribution in [2.45, 2.75) is 44.7 Å². The number of nitrogens with one attached hydrogen (secondary N) is 1. The van der Waals surface area contributed by atoms with E-state index in [4.69, 9.17) is 5.73 Å². The van der Waals surface area contributed by atoms with E-state index in [0.717, 1.165) is 19.3 Å². The number of carbonyl (C=O) groups excluding carboxylic acids is 1. The molecule has 1 aliphatic carbocycles. The van der Waals surface area contributed by atoms with Gasteiger partial charge in [-0.2, -0.15) is 0 Å².